The number of hydrogen-bond acceptors (Lipinski definition) is 4. The van der Waals surface area contributed by atoms with Crippen LogP contribution in [0.15, 0.2) is 12.7 Å². The first-order valence-electron chi connectivity index (χ1n) is 8.01. The molecule has 0 aromatic carbocycles. The number of rotatable bonds is 8. The van der Waals surface area contributed by atoms with Crippen LogP contribution in [0.3, 0.4) is 0 Å². The van der Waals surface area contributed by atoms with E-state index in [0.29, 0.717) is 6.42 Å². The number of carbonyl (C=O) groups is 3. The lowest BCUT2D eigenvalue weighted by atomic mass is 9.87. The van der Waals surface area contributed by atoms with Crippen molar-refractivity contribution in [1.82, 2.24) is 16.0 Å². The maximum absolute atomic E-state index is 12.6. The first-order chi connectivity index (χ1) is 12.1. The maximum Gasteiger partial charge on any atom is 0.471 e. The van der Waals surface area contributed by atoms with E-state index in [-0.39, 0.29) is 42.6 Å². The Morgan fingerprint density at radius 3 is 2.65 bits per heavy atom. The van der Waals surface area contributed by atoms with Crippen molar-refractivity contribution in [3.05, 3.63) is 12.7 Å². The fourth-order valence-corrected chi connectivity index (χ4v) is 4.79. The first kappa shape index (κ1) is 20.4. The van der Waals surface area contributed by atoms with Gasteiger partial charge in [-0.15, -0.1) is 6.58 Å². The Balaban J connectivity index is 2.00. The Morgan fingerprint density at radius 2 is 2.08 bits per heavy atom. The lowest BCUT2D eigenvalue weighted by molar-refractivity contribution is -0.178. The average molecular weight is 395 g/mol. The van der Waals surface area contributed by atoms with Crippen molar-refractivity contribution in [3.63, 3.8) is 0 Å². The number of urea groups is 1. The third kappa shape index (κ3) is 4.43. The van der Waals surface area contributed by atoms with Gasteiger partial charge in [-0.1, -0.05) is 6.08 Å². The SMILES string of the molecule is C=CCC(CCC[C@@H]1SC[C@@H]2NC(=O)N[C@@H]21)(NC(=O)C(F)(F)F)C(=O)O. The van der Waals surface area contributed by atoms with Gasteiger partial charge in [-0.2, -0.15) is 24.9 Å². The zero-order valence-electron chi connectivity index (χ0n) is 13.8. The lowest BCUT2D eigenvalue weighted by Gasteiger charge is -2.30. The number of hydrogen-bond donors (Lipinski definition) is 4. The summed E-state index contributed by atoms with van der Waals surface area (Å²) in [6.45, 7) is 3.38. The van der Waals surface area contributed by atoms with Crippen molar-refractivity contribution in [3.8, 4) is 0 Å². The summed E-state index contributed by atoms with van der Waals surface area (Å²) >= 11 is 1.61. The standard InChI is InChI=1S/C15H20F3N3O4S/c1-2-5-14(12(23)24,21-11(22)15(16,17)18)6-3-4-9-10-8(7-26-9)19-13(25)20-10/h2,8-10H,1,3-7H2,(H,21,22)(H,23,24)(H2,19,20,25)/t8-,9-,10-,14?/m0/s1. The Kier molecular flexibility index (Phi) is 6.09. The van der Waals surface area contributed by atoms with Crippen molar-refractivity contribution < 1.29 is 32.7 Å². The van der Waals surface area contributed by atoms with E-state index in [1.807, 2.05) is 0 Å². The molecule has 146 valence electrons. The third-order valence-corrected chi connectivity index (χ3v) is 6.05. The van der Waals surface area contributed by atoms with Gasteiger partial charge in [0.25, 0.3) is 0 Å². The number of aliphatic carboxylic acids is 1. The van der Waals surface area contributed by atoms with E-state index in [1.165, 1.54) is 6.08 Å². The van der Waals surface area contributed by atoms with Crippen LogP contribution in [0.25, 0.3) is 0 Å². The summed E-state index contributed by atoms with van der Waals surface area (Å²) in [4.78, 5) is 34.2. The van der Waals surface area contributed by atoms with Crippen LogP contribution in [0.5, 0.6) is 0 Å². The van der Waals surface area contributed by atoms with E-state index in [2.05, 4.69) is 17.2 Å². The van der Waals surface area contributed by atoms with E-state index in [1.54, 1.807) is 17.1 Å². The molecule has 2 heterocycles. The van der Waals surface area contributed by atoms with Crippen LogP contribution in [-0.2, 0) is 9.59 Å². The molecule has 3 amide bonds. The summed E-state index contributed by atoms with van der Waals surface area (Å²) in [6.07, 6.45) is -3.72. The minimum Gasteiger partial charge on any atom is -0.479 e. The van der Waals surface area contributed by atoms with Crippen molar-refractivity contribution in [2.45, 2.75) is 54.7 Å². The van der Waals surface area contributed by atoms with E-state index in [0.717, 1.165) is 5.75 Å². The number of carboxylic acids is 1. The smallest absolute Gasteiger partial charge is 0.471 e. The summed E-state index contributed by atoms with van der Waals surface area (Å²) < 4.78 is 37.7. The zero-order valence-corrected chi connectivity index (χ0v) is 14.6. The number of thioether (sulfide) groups is 1. The topological polar surface area (TPSA) is 108 Å². The number of carbonyl (C=O) groups excluding carboxylic acids is 2. The Hall–Kier alpha value is -1.91. The largest absolute Gasteiger partial charge is 0.479 e. The maximum atomic E-state index is 12.6. The molecule has 2 saturated heterocycles. The lowest BCUT2D eigenvalue weighted by Crippen LogP contribution is -2.57. The molecule has 1 unspecified atom stereocenters. The van der Waals surface area contributed by atoms with Crippen molar-refractivity contribution in [2.75, 3.05) is 5.75 Å². The fraction of sp³-hybridized carbons (Fsp3) is 0.667. The molecular weight excluding hydrogens is 375 g/mol. The molecule has 2 aliphatic heterocycles. The van der Waals surface area contributed by atoms with Gasteiger partial charge in [0.15, 0.2) is 0 Å². The van der Waals surface area contributed by atoms with Gasteiger partial charge in [0.2, 0.25) is 0 Å². The molecule has 0 saturated carbocycles. The molecule has 0 aromatic rings. The summed E-state index contributed by atoms with van der Waals surface area (Å²) in [5.41, 5.74) is -2.06. The number of halogens is 3. The van der Waals surface area contributed by atoms with Crippen LogP contribution >= 0.6 is 11.8 Å². The molecule has 0 bridgehead atoms. The van der Waals surface area contributed by atoms with Crippen LogP contribution in [0.1, 0.15) is 25.7 Å². The predicted octanol–water partition coefficient (Wildman–Crippen LogP) is 1.40. The number of fused-ring (bicyclic) bond motifs is 1. The van der Waals surface area contributed by atoms with Gasteiger partial charge in [-0.25, -0.2) is 9.59 Å². The van der Waals surface area contributed by atoms with Crippen LogP contribution in [0.4, 0.5) is 18.0 Å². The molecule has 2 rings (SSSR count). The van der Waals surface area contributed by atoms with Crippen LogP contribution in [0.2, 0.25) is 0 Å². The minimum absolute atomic E-state index is 0.000150. The number of amides is 3. The molecule has 0 spiro atoms. The van der Waals surface area contributed by atoms with Crippen LogP contribution in [-0.4, -0.2) is 57.8 Å². The molecule has 4 atom stereocenters. The molecule has 11 heteroatoms. The quantitative estimate of drug-likeness (QED) is 0.367. The van der Waals surface area contributed by atoms with Crippen LogP contribution in [0, 0.1) is 0 Å². The summed E-state index contributed by atoms with van der Waals surface area (Å²) in [5, 5.41) is 16.7. The van der Waals surface area contributed by atoms with E-state index >= 15 is 0 Å². The van der Waals surface area contributed by atoms with Crippen molar-refractivity contribution >= 4 is 29.7 Å². The molecule has 4 N–H and O–H groups in total. The first-order valence-corrected chi connectivity index (χ1v) is 9.06. The van der Waals surface area contributed by atoms with E-state index in [9.17, 15) is 32.7 Å². The summed E-state index contributed by atoms with van der Waals surface area (Å²) in [5.74, 6) is -3.11. The van der Waals surface area contributed by atoms with Gasteiger partial charge < -0.3 is 21.1 Å². The second-order valence-electron chi connectivity index (χ2n) is 6.35. The average Bonchev–Trinajstić information content (AvgIpc) is 3.06. The Labute approximate surface area is 152 Å². The molecule has 26 heavy (non-hydrogen) atoms. The van der Waals surface area contributed by atoms with E-state index < -0.39 is 23.6 Å². The molecule has 7 nitrogen and oxygen atoms in total. The number of carboxylic acid groups (broad SMARTS) is 1. The van der Waals surface area contributed by atoms with Gasteiger partial charge in [-0.3, -0.25) is 4.79 Å². The van der Waals surface area contributed by atoms with Gasteiger partial charge in [0.05, 0.1) is 12.1 Å². The monoisotopic (exact) mass is 395 g/mol. The number of nitrogens with one attached hydrogen (secondary N) is 3. The molecule has 0 radical (unpaired) electrons. The highest BCUT2D eigenvalue weighted by molar-refractivity contribution is 8.00. The van der Waals surface area contributed by atoms with Gasteiger partial charge >= 0.3 is 24.1 Å². The summed E-state index contributed by atoms with van der Waals surface area (Å²) in [6, 6.07) is -0.343. The highest BCUT2D eigenvalue weighted by atomic mass is 32.2. The Bertz CT molecular complexity index is 601. The molecule has 2 aliphatic rings. The highest BCUT2D eigenvalue weighted by Gasteiger charge is 2.47. The van der Waals surface area contributed by atoms with Gasteiger partial charge in [0, 0.05) is 11.0 Å². The van der Waals surface area contributed by atoms with Gasteiger partial charge in [-0.05, 0) is 25.7 Å². The van der Waals surface area contributed by atoms with Crippen LogP contribution < -0.4 is 16.0 Å². The van der Waals surface area contributed by atoms with Crippen molar-refractivity contribution in [2.24, 2.45) is 0 Å². The highest BCUT2D eigenvalue weighted by Crippen LogP contribution is 2.34. The fourth-order valence-electron chi connectivity index (χ4n) is 3.25. The predicted molar refractivity (Wildman–Crippen MR) is 88.7 cm³/mol. The van der Waals surface area contributed by atoms with Crippen molar-refractivity contribution in [1.29, 1.82) is 0 Å². The normalized spacial score (nSPS) is 27.0. The second-order valence-corrected chi connectivity index (χ2v) is 7.62. The van der Waals surface area contributed by atoms with E-state index in [4.69, 9.17) is 0 Å². The third-order valence-electron chi connectivity index (χ3n) is 4.54. The molecular formula is C15H20F3N3O4S. The number of alkyl halides is 3. The second kappa shape index (κ2) is 7.77. The zero-order chi connectivity index (χ0) is 19.5. The molecule has 0 aliphatic carbocycles. The summed E-state index contributed by atoms with van der Waals surface area (Å²) in [7, 11) is 0. The molecule has 2 fully saturated rings. The molecule has 0 aromatic heterocycles. The Morgan fingerprint density at radius 1 is 1.38 bits per heavy atom. The minimum atomic E-state index is -5.17. The van der Waals surface area contributed by atoms with Gasteiger partial charge in [0.1, 0.15) is 5.54 Å².